The highest BCUT2D eigenvalue weighted by atomic mass is 127. The average Bonchev–Trinajstić information content (AvgIpc) is 3.14. The number of carbonyl (C=O) groups is 1. The van der Waals surface area contributed by atoms with E-state index in [1.165, 1.54) is 4.90 Å². The lowest BCUT2D eigenvalue weighted by Gasteiger charge is -2.31. The molecule has 7 nitrogen and oxygen atoms in total. The molecule has 0 aromatic heterocycles. The molecule has 0 saturated carbocycles. The predicted octanol–water partition coefficient (Wildman–Crippen LogP) is 4.18. The first kappa shape index (κ1) is 22.6. The van der Waals surface area contributed by atoms with Crippen LogP contribution in [0.1, 0.15) is 16.7 Å². The molecule has 3 aromatic carbocycles. The van der Waals surface area contributed by atoms with E-state index in [0.717, 1.165) is 20.3 Å². The summed E-state index contributed by atoms with van der Waals surface area (Å²) in [5.74, 6) is 0.182. The van der Waals surface area contributed by atoms with Gasteiger partial charge in [-0.2, -0.15) is 4.89 Å². The van der Waals surface area contributed by atoms with Crippen molar-refractivity contribution in [2.24, 2.45) is 4.99 Å². The summed E-state index contributed by atoms with van der Waals surface area (Å²) in [6.45, 7) is 0. The van der Waals surface area contributed by atoms with E-state index < -0.39 is 11.6 Å². The number of hydrogen-bond acceptors (Lipinski definition) is 6. The first-order chi connectivity index (χ1) is 16.5. The largest absolute Gasteiger partial charge is 0.508 e. The number of amides is 1. The molecule has 2 aliphatic rings. The number of benzene rings is 3. The lowest BCUT2D eigenvalue weighted by atomic mass is 10.0. The second-order valence-electron chi connectivity index (χ2n) is 8.30. The maximum absolute atomic E-state index is 13.6. The topological polar surface area (TPSA) is 94.4 Å². The summed E-state index contributed by atoms with van der Waals surface area (Å²) in [5, 5.41) is 23.1. The number of nitrogens with one attached hydrogen (secondary N) is 1. The van der Waals surface area contributed by atoms with E-state index in [0.29, 0.717) is 18.0 Å². The Morgan fingerprint density at radius 2 is 1.71 bits per heavy atom. The highest BCUT2D eigenvalue weighted by Gasteiger charge is 2.52. The summed E-state index contributed by atoms with van der Waals surface area (Å²) < 4.78 is 1.07. The molecule has 0 radical (unpaired) electrons. The fourth-order valence-electron chi connectivity index (χ4n) is 4.24. The number of fused-ring (bicyclic) bond motifs is 1. The number of rotatable bonds is 6. The summed E-state index contributed by atoms with van der Waals surface area (Å²) >= 11 is 2.21. The SMILES string of the molecule is O=C1N2C=C(c3ccc(O)cc3)NC(Cc3ccccc3)C2=N[C@]1(Cc1ccc(I)cc1)OO. The minimum absolute atomic E-state index is 0.0969. The van der Waals surface area contributed by atoms with Gasteiger partial charge in [0.05, 0.1) is 11.7 Å². The molecule has 34 heavy (non-hydrogen) atoms. The molecule has 3 N–H and O–H groups in total. The summed E-state index contributed by atoms with van der Waals surface area (Å²) in [6.07, 6.45) is 2.34. The molecule has 5 rings (SSSR count). The number of carbonyl (C=O) groups excluding carboxylic acids is 1. The van der Waals surface area contributed by atoms with Gasteiger partial charge >= 0.3 is 0 Å². The van der Waals surface area contributed by atoms with E-state index in [9.17, 15) is 15.2 Å². The van der Waals surface area contributed by atoms with Crippen molar-refractivity contribution in [2.45, 2.75) is 24.6 Å². The molecule has 1 unspecified atom stereocenters. The zero-order valence-corrected chi connectivity index (χ0v) is 20.2. The highest BCUT2D eigenvalue weighted by molar-refractivity contribution is 14.1. The number of halogens is 1. The van der Waals surface area contributed by atoms with Gasteiger partial charge in [0, 0.05) is 16.2 Å². The van der Waals surface area contributed by atoms with Gasteiger partial charge < -0.3 is 10.4 Å². The van der Waals surface area contributed by atoms with Gasteiger partial charge in [-0.05, 0) is 82.1 Å². The van der Waals surface area contributed by atoms with Crippen molar-refractivity contribution in [3.05, 3.63) is 105 Å². The molecule has 2 aliphatic heterocycles. The van der Waals surface area contributed by atoms with Gasteiger partial charge in [0.15, 0.2) is 0 Å². The normalized spacial score (nSPS) is 21.5. The zero-order chi connectivity index (χ0) is 23.7. The minimum atomic E-state index is -1.76. The van der Waals surface area contributed by atoms with Gasteiger partial charge in [-0.25, -0.2) is 10.2 Å². The van der Waals surface area contributed by atoms with Crippen LogP contribution in [0.25, 0.3) is 5.70 Å². The van der Waals surface area contributed by atoms with Gasteiger partial charge in [-0.15, -0.1) is 0 Å². The van der Waals surface area contributed by atoms with Gasteiger partial charge in [0.25, 0.3) is 11.6 Å². The lowest BCUT2D eigenvalue weighted by Crippen LogP contribution is -2.50. The third-order valence-electron chi connectivity index (χ3n) is 5.96. The first-order valence-corrected chi connectivity index (χ1v) is 11.9. The summed E-state index contributed by atoms with van der Waals surface area (Å²) in [6, 6.07) is 24.0. The van der Waals surface area contributed by atoms with Crippen molar-refractivity contribution in [3.63, 3.8) is 0 Å². The molecule has 0 bridgehead atoms. The van der Waals surface area contributed by atoms with E-state index in [1.54, 1.807) is 30.5 Å². The van der Waals surface area contributed by atoms with Crippen molar-refractivity contribution >= 4 is 40.0 Å². The Balaban J connectivity index is 1.55. The van der Waals surface area contributed by atoms with Crippen LogP contribution < -0.4 is 5.32 Å². The van der Waals surface area contributed by atoms with Gasteiger partial charge in [-0.1, -0.05) is 42.5 Å². The lowest BCUT2D eigenvalue weighted by molar-refractivity contribution is -0.308. The van der Waals surface area contributed by atoms with Crippen LogP contribution in [0.2, 0.25) is 0 Å². The van der Waals surface area contributed by atoms with E-state index in [2.05, 4.69) is 32.9 Å². The average molecular weight is 567 g/mol. The van der Waals surface area contributed by atoms with Crippen molar-refractivity contribution < 1.29 is 20.0 Å². The Kier molecular flexibility index (Phi) is 6.11. The third kappa shape index (κ3) is 4.31. The fourth-order valence-corrected chi connectivity index (χ4v) is 4.60. The van der Waals surface area contributed by atoms with Crippen LogP contribution in [-0.4, -0.2) is 38.8 Å². The second kappa shape index (κ2) is 9.21. The van der Waals surface area contributed by atoms with E-state index in [-0.39, 0.29) is 18.2 Å². The molecular formula is C26H22IN3O4. The monoisotopic (exact) mass is 567 g/mol. The zero-order valence-electron chi connectivity index (χ0n) is 18.1. The number of nitrogens with zero attached hydrogens (tertiary/aromatic N) is 2. The van der Waals surface area contributed by atoms with Crippen molar-refractivity contribution in [1.29, 1.82) is 0 Å². The van der Waals surface area contributed by atoms with Crippen LogP contribution in [0.5, 0.6) is 5.75 Å². The number of hydrogen-bond donors (Lipinski definition) is 3. The van der Waals surface area contributed by atoms with Crippen LogP contribution in [0.4, 0.5) is 0 Å². The van der Waals surface area contributed by atoms with E-state index in [1.807, 2.05) is 54.6 Å². The van der Waals surface area contributed by atoms with Crippen LogP contribution in [-0.2, 0) is 22.5 Å². The molecule has 172 valence electrons. The standard InChI is InChI=1S/C26H22IN3O4/c27-20-10-6-18(7-11-20)15-26(34-33)25(32)30-16-23(19-8-12-21(31)13-9-19)28-22(24(30)29-26)14-17-4-2-1-3-5-17/h1-13,16,22,28,31,33H,14-15H2/t22?,26-/m1/s1. The number of phenolic OH excluding ortho intramolecular Hbond substituents is 1. The molecule has 2 heterocycles. The molecular weight excluding hydrogens is 545 g/mol. The predicted molar refractivity (Wildman–Crippen MR) is 137 cm³/mol. The maximum Gasteiger partial charge on any atom is 0.290 e. The minimum Gasteiger partial charge on any atom is -0.508 e. The third-order valence-corrected chi connectivity index (χ3v) is 6.68. The smallest absolute Gasteiger partial charge is 0.290 e. The Hall–Kier alpha value is -3.21. The van der Waals surface area contributed by atoms with Gasteiger partial charge in [0.1, 0.15) is 11.6 Å². The summed E-state index contributed by atoms with van der Waals surface area (Å²) in [4.78, 5) is 24.5. The number of amidine groups is 1. The molecule has 0 fully saturated rings. The van der Waals surface area contributed by atoms with Crippen LogP contribution in [0.3, 0.4) is 0 Å². The number of phenols is 1. The van der Waals surface area contributed by atoms with E-state index >= 15 is 0 Å². The molecule has 8 heteroatoms. The van der Waals surface area contributed by atoms with Gasteiger partial charge in [-0.3, -0.25) is 9.69 Å². The maximum atomic E-state index is 13.6. The highest BCUT2D eigenvalue weighted by Crippen LogP contribution is 2.34. The van der Waals surface area contributed by atoms with Crippen LogP contribution >= 0.6 is 22.6 Å². The quantitative estimate of drug-likeness (QED) is 0.236. The number of aliphatic imine (C=N–C) groups is 1. The molecule has 0 aliphatic carbocycles. The Labute approximate surface area is 210 Å². The number of aromatic hydroxyl groups is 1. The van der Waals surface area contributed by atoms with Gasteiger partial charge in [0.2, 0.25) is 0 Å². The van der Waals surface area contributed by atoms with Crippen LogP contribution in [0.15, 0.2) is 90.1 Å². The summed E-state index contributed by atoms with van der Waals surface area (Å²) in [7, 11) is 0. The molecule has 3 aromatic rings. The van der Waals surface area contributed by atoms with Crippen molar-refractivity contribution in [3.8, 4) is 5.75 Å². The van der Waals surface area contributed by atoms with Crippen molar-refractivity contribution in [1.82, 2.24) is 10.2 Å². The molecule has 2 atom stereocenters. The van der Waals surface area contributed by atoms with E-state index in [4.69, 9.17) is 4.89 Å². The second-order valence-corrected chi connectivity index (χ2v) is 9.55. The van der Waals surface area contributed by atoms with Crippen LogP contribution in [0, 0.1) is 3.57 Å². The summed E-state index contributed by atoms with van der Waals surface area (Å²) in [5.41, 5.74) is 1.64. The Morgan fingerprint density at radius 1 is 1.00 bits per heavy atom. The molecule has 0 saturated heterocycles. The van der Waals surface area contributed by atoms with Crippen molar-refractivity contribution in [2.75, 3.05) is 0 Å². The Morgan fingerprint density at radius 3 is 2.38 bits per heavy atom. The fraction of sp³-hybridized carbons (Fsp3) is 0.154. The molecule has 0 spiro atoms. The Bertz CT molecular complexity index is 1260. The molecule has 1 amide bonds. The first-order valence-electron chi connectivity index (χ1n) is 10.8.